The van der Waals surface area contributed by atoms with Crippen LogP contribution in [0.15, 0.2) is 48.5 Å². The summed E-state index contributed by atoms with van der Waals surface area (Å²) in [5.41, 5.74) is 4.43. The molecule has 3 nitrogen and oxygen atoms in total. The van der Waals surface area contributed by atoms with E-state index < -0.39 is 0 Å². The first-order valence-electron chi connectivity index (χ1n) is 9.19. The molecule has 3 heteroatoms. The van der Waals surface area contributed by atoms with Crippen LogP contribution in [0, 0.1) is 0 Å². The Morgan fingerprint density at radius 1 is 0.880 bits per heavy atom. The van der Waals surface area contributed by atoms with Crippen LogP contribution in [0.3, 0.4) is 0 Å². The van der Waals surface area contributed by atoms with Crippen molar-refractivity contribution in [2.24, 2.45) is 0 Å². The van der Waals surface area contributed by atoms with Crippen LogP contribution in [0.25, 0.3) is 0 Å². The minimum absolute atomic E-state index is 0.00918. The van der Waals surface area contributed by atoms with Crippen molar-refractivity contribution in [2.45, 2.75) is 58.9 Å². The predicted molar refractivity (Wildman–Crippen MR) is 106 cm³/mol. The molecule has 2 aromatic rings. The highest BCUT2D eigenvalue weighted by Crippen LogP contribution is 2.32. The minimum atomic E-state index is -0.147. The van der Waals surface area contributed by atoms with Crippen LogP contribution in [0.2, 0.25) is 0 Å². The third kappa shape index (κ3) is 4.85. The Labute approximate surface area is 151 Å². The largest absolute Gasteiger partial charge is 0.331 e. The zero-order valence-electron chi connectivity index (χ0n) is 16.0. The second-order valence-corrected chi connectivity index (χ2v) is 7.09. The predicted octanol–water partition coefficient (Wildman–Crippen LogP) is 6.21. The number of amides is 2. The number of nitrogens with one attached hydrogen (secondary N) is 2. The molecular weight excluding hydrogens is 308 g/mol. The lowest BCUT2D eigenvalue weighted by atomic mass is 9.93. The molecule has 2 aromatic carbocycles. The van der Waals surface area contributed by atoms with Crippen molar-refractivity contribution in [3.05, 3.63) is 65.2 Å². The summed E-state index contributed by atoms with van der Waals surface area (Å²) >= 11 is 0. The summed E-state index contributed by atoms with van der Waals surface area (Å²) in [6, 6.07) is 16.2. The van der Waals surface area contributed by atoms with Gasteiger partial charge in [-0.1, -0.05) is 83.1 Å². The van der Waals surface area contributed by atoms with Gasteiger partial charge >= 0.3 is 6.03 Å². The molecule has 0 saturated carbocycles. The van der Waals surface area contributed by atoms with E-state index in [2.05, 4.69) is 75.6 Å². The number of urea groups is 1. The average Bonchev–Trinajstić information content (AvgIpc) is 2.60. The Hall–Kier alpha value is -2.29. The van der Waals surface area contributed by atoms with Crippen molar-refractivity contribution >= 4 is 11.7 Å². The quantitative estimate of drug-likeness (QED) is 0.646. The molecule has 0 saturated heterocycles. The molecule has 0 heterocycles. The second-order valence-electron chi connectivity index (χ2n) is 7.09. The fourth-order valence-electron chi connectivity index (χ4n) is 3.11. The van der Waals surface area contributed by atoms with Gasteiger partial charge in [-0.2, -0.15) is 0 Å². The van der Waals surface area contributed by atoms with Crippen LogP contribution in [-0.4, -0.2) is 6.03 Å². The number of hydrogen-bond donors (Lipinski definition) is 2. The van der Waals surface area contributed by atoms with Crippen LogP contribution >= 0.6 is 0 Å². The average molecular weight is 338 g/mol. The topological polar surface area (TPSA) is 41.1 Å². The van der Waals surface area contributed by atoms with Gasteiger partial charge in [0.25, 0.3) is 0 Å². The van der Waals surface area contributed by atoms with Crippen molar-refractivity contribution in [1.29, 1.82) is 0 Å². The zero-order chi connectivity index (χ0) is 18.4. The lowest BCUT2D eigenvalue weighted by Gasteiger charge is -2.22. The number of para-hydroxylation sites is 1. The molecule has 0 bridgehead atoms. The maximum absolute atomic E-state index is 12.7. The van der Waals surface area contributed by atoms with Gasteiger partial charge in [0.05, 0.1) is 6.04 Å². The van der Waals surface area contributed by atoms with Crippen LogP contribution < -0.4 is 10.6 Å². The molecule has 0 fully saturated rings. The third-order valence-electron chi connectivity index (χ3n) is 4.53. The van der Waals surface area contributed by atoms with Gasteiger partial charge in [0, 0.05) is 5.69 Å². The lowest BCUT2D eigenvalue weighted by molar-refractivity contribution is 0.248. The number of carbonyl (C=O) groups excluding carboxylic acids is 1. The molecule has 0 aliphatic heterocycles. The first-order valence-corrected chi connectivity index (χ1v) is 9.19. The van der Waals surface area contributed by atoms with E-state index in [0.29, 0.717) is 11.8 Å². The monoisotopic (exact) mass is 338 g/mol. The van der Waals surface area contributed by atoms with Gasteiger partial charge in [0.2, 0.25) is 0 Å². The van der Waals surface area contributed by atoms with Gasteiger partial charge in [0.15, 0.2) is 0 Å². The maximum atomic E-state index is 12.7. The molecule has 2 rings (SSSR count). The molecule has 0 aliphatic rings. The van der Waals surface area contributed by atoms with Crippen molar-refractivity contribution < 1.29 is 4.79 Å². The summed E-state index contributed by atoms with van der Waals surface area (Å²) in [6.07, 6.45) is 0.848. The number of benzene rings is 2. The molecule has 1 unspecified atom stereocenters. The van der Waals surface area contributed by atoms with E-state index in [0.717, 1.165) is 17.7 Å². The van der Waals surface area contributed by atoms with E-state index in [-0.39, 0.29) is 12.1 Å². The number of hydrogen-bond acceptors (Lipinski definition) is 1. The van der Waals surface area contributed by atoms with Crippen LogP contribution in [0.1, 0.15) is 75.6 Å². The Balaban J connectivity index is 2.22. The van der Waals surface area contributed by atoms with Crippen LogP contribution in [0.4, 0.5) is 10.5 Å². The van der Waals surface area contributed by atoms with Gasteiger partial charge in [-0.25, -0.2) is 4.79 Å². The van der Waals surface area contributed by atoms with Gasteiger partial charge in [-0.3, -0.25) is 0 Å². The number of anilines is 1. The molecule has 0 aromatic heterocycles. The van der Waals surface area contributed by atoms with Crippen molar-refractivity contribution in [3.8, 4) is 0 Å². The number of carbonyl (C=O) groups is 1. The summed E-state index contributed by atoms with van der Waals surface area (Å²) in [5.74, 6) is 0.704. The Morgan fingerprint density at radius 2 is 1.44 bits per heavy atom. The van der Waals surface area contributed by atoms with Gasteiger partial charge in [-0.15, -0.1) is 0 Å². The zero-order valence-corrected chi connectivity index (χ0v) is 16.0. The van der Waals surface area contributed by atoms with Gasteiger partial charge in [-0.05, 0) is 34.9 Å². The Bertz CT molecular complexity index is 666. The summed E-state index contributed by atoms with van der Waals surface area (Å²) in [5, 5.41) is 6.24. The maximum Gasteiger partial charge on any atom is 0.319 e. The molecule has 0 aliphatic carbocycles. The Kier molecular flexibility index (Phi) is 6.63. The molecular formula is C22H30N2O. The molecule has 25 heavy (non-hydrogen) atoms. The highest BCUT2D eigenvalue weighted by Gasteiger charge is 2.18. The Morgan fingerprint density at radius 3 is 1.92 bits per heavy atom. The lowest BCUT2D eigenvalue weighted by Crippen LogP contribution is -2.33. The van der Waals surface area contributed by atoms with Crippen LogP contribution in [-0.2, 0) is 0 Å². The van der Waals surface area contributed by atoms with E-state index in [9.17, 15) is 4.79 Å². The summed E-state index contributed by atoms with van der Waals surface area (Å²) < 4.78 is 0. The molecule has 2 N–H and O–H groups in total. The fourth-order valence-corrected chi connectivity index (χ4v) is 3.11. The number of rotatable bonds is 6. The summed E-state index contributed by atoms with van der Waals surface area (Å²) in [6.45, 7) is 10.7. The molecule has 134 valence electrons. The van der Waals surface area contributed by atoms with Crippen molar-refractivity contribution in [3.63, 3.8) is 0 Å². The van der Waals surface area contributed by atoms with Gasteiger partial charge < -0.3 is 10.6 Å². The minimum Gasteiger partial charge on any atom is -0.331 e. The van der Waals surface area contributed by atoms with Crippen LogP contribution in [0.5, 0.6) is 0 Å². The summed E-state index contributed by atoms with van der Waals surface area (Å²) in [7, 11) is 0. The smallest absolute Gasteiger partial charge is 0.319 e. The van der Waals surface area contributed by atoms with E-state index >= 15 is 0 Å². The normalized spacial score (nSPS) is 12.3. The van der Waals surface area contributed by atoms with Crippen molar-refractivity contribution in [2.75, 3.05) is 5.32 Å². The molecule has 1 atom stereocenters. The first-order chi connectivity index (χ1) is 11.9. The molecule has 0 spiro atoms. The SMILES string of the molecule is CCC(NC(=O)Nc1c(C(C)C)cccc1C(C)C)c1ccccc1. The standard InChI is InChI=1S/C22H30N2O/c1-6-20(17-11-8-7-9-12-17)23-22(25)24-21-18(15(2)3)13-10-14-19(21)16(4)5/h7-16,20H,6H2,1-5H3,(H2,23,24,25). The second kappa shape index (κ2) is 8.70. The molecule has 2 amide bonds. The molecule has 0 radical (unpaired) electrons. The van der Waals surface area contributed by atoms with E-state index in [1.165, 1.54) is 11.1 Å². The fraction of sp³-hybridized carbons (Fsp3) is 0.409. The van der Waals surface area contributed by atoms with E-state index in [4.69, 9.17) is 0 Å². The van der Waals surface area contributed by atoms with Crippen molar-refractivity contribution in [1.82, 2.24) is 5.32 Å². The highest BCUT2D eigenvalue weighted by molar-refractivity contribution is 5.91. The highest BCUT2D eigenvalue weighted by atomic mass is 16.2. The first kappa shape index (κ1) is 19.0. The van der Waals surface area contributed by atoms with E-state index in [1.807, 2.05) is 18.2 Å². The third-order valence-corrected chi connectivity index (χ3v) is 4.53. The van der Waals surface area contributed by atoms with E-state index in [1.54, 1.807) is 0 Å². The summed E-state index contributed by atoms with van der Waals surface area (Å²) in [4.78, 5) is 12.7. The van der Waals surface area contributed by atoms with Gasteiger partial charge in [0.1, 0.15) is 0 Å².